The zero-order valence-electron chi connectivity index (χ0n) is 15.1. The van der Waals surface area contributed by atoms with Crippen molar-refractivity contribution in [1.82, 2.24) is 10.2 Å². The van der Waals surface area contributed by atoms with Crippen molar-refractivity contribution in [3.63, 3.8) is 0 Å². The van der Waals surface area contributed by atoms with Crippen molar-refractivity contribution < 1.29 is 14.6 Å². The van der Waals surface area contributed by atoms with Gasteiger partial charge < -0.3 is 15.2 Å². The van der Waals surface area contributed by atoms with E-state index in [-0.39, 0.29) is 17.9 Å². The quantitative estimate of drug-likeness (QED) is 0.825. The summed E-state index contributed by atoms with van der Waals surface area (Å²) in [6.07, 6.45) is 3.04. The Balaban J connectivity index is 1.48. The molecular weight excluding hydrogens is 316 g/mol. The molecule has 0 aromatic heterocycles. The predicted molar refractivity (Wildman–Crippen MR) is 97.0 cm³/mol. The second kappa shape index (κ2) is 8.79. The maximum Gasteiger partial charge on any atom is 0.225 e. The number of nitrogens with one attached hydrogen (secondary N) is 1. The highest BCUT2D eigenvalue weighted by Crippen LogP contribution is 2.30. The Labute approximate surface area is 150 Å². The molecule has 1 aromatic rings. The first-order chi connectivity index (χ1) is 12.1. The zero-order chi connectivity index (χ0) is 17.6. The van der Waals surface area contributed by atoms with Gasteiger partial charge in [0.15, 0.2) is 0 Å². The fourth-order valence-corrected chi connectivity index (χ4v) is 4.04. The second-order valence-electron chi connectivity index (χ2n) is 7.44. The van der Waals surface area contributed by atoms with Gasteiger partial charge in [0.25, 0.3) is 0 Å². The minimum Gasteiger partial charge on any atom is -0.391 e. The summed E-state index contributed by atoms with van der Waals surface area (Å²) < 4.78 is 5.35. The molecule has 2 fully saturated rings. The molecule has 1 aromatic carbocycles. The summed E-state index contributed by atoms with van der Waals surface area (Å²) >= 11 is 0. The van der Waals surface area contributed by atoms with Crippen molar-refractivity contribution in [3.8, 4) is 0 Å². The van der Waals surface area contributed by atoms with E-state index in [0.717, 1.165) is 45.4 Å². The molecule has 1 aliphatic heterocycles. The molecule has 5 nitrogen and oxygen atoms in total. The van der Waals surface area contributed by atoms with Gasteiger partial charge in [-0.25, -0.2) is 0 Å². The highest BCUT2D eigenvalue weighted by Gasteiger charge is 2.40. The minimum absolute atomic E-state index is 0.00889. The maximum absolute atomic E-state index is 12.5. The molecule has 1 aliphatic carbocycles. The molecule has 1 saturated carbocycles. The Morgan fingerprint density at radius 2 is 1.92 bits per heavy atom. The lowest BCUT2D eigenvalue weighted by molar-refractivity contribution is -0.128. The number of nitrogens with zero attached hydrogens (tertiary/aromatic N) is 1. The number of ether oxygens (including phenoxy) is 1. The summed E-state index contributed by atoms with van der Waals surface area (Å²) in [6, 6.07) is 10.3. The number of rotatable bonds is 6. The zero-order valence-corrected chi connectivity index (χ0v) is 15.1. The van der Waals surface area contributed by atoms with E-state index in [1.165, 1.54) is 5.56 Å². The van der Waals surface area contributed by atoms with E-state index in [2.05, 4.69) is 22.3 Å². The largest absolute Gasteiger partial charge is 0.391 e. The van der Waals surface area contributed by atoms with Gasteiger partial charge in [0.1, 0.15) is 0 Å². The van der Waals surface area contributed by atoms with Crippen LogP contribution in [0.3, 0.4) is 0 Å². The molecule has 1 saturated heterocycles. The van der Waals surface area contributed by atoms with Crippen LogP contribution in [0.2, 0.25) is 0 Å². The molecule has 3 atom stereocenters. The van der Waals surface area contributed by atoms with E-state index >= 15 is 0 Å². The highest BCUT2D eigenvalue weighted by atomic mass is 16.5. The molecule has 1 amide bonds. The van der Waals surface area contributed by atoms with Gasteiger partial charge in [-0.05, 0) is 44.2 Å². The second-order valence-corrected chi connectivity index (χ2v) is 7.44. The van der Waals surface area contributed by atoms with Crippen molar-refractivity contribution >= 4 is 5.91 Å². The molecule has 25 heavy (non-hydrogen) atoms. The van der Waals surface area contributed by atoms with E-state index < -0.39 is 6.10 Å². The van der Waals surface area contributed by atoms with E-state index in [0.29, 0.717) is 12.5 Å². The summed E-state index contributed by atoms with van der Waals surface area (Å²) in [4.78, 5) is 14.7. The molecular formula is C20H30N2O3. The topological polar surface area (TPSA) is 61.8 Å². The highest BCUT2D eigenvalue weighted by molar-refractivity contribution is 5.79. The third kappa shape index (κ3) is 4.81. The molecule has 3 rings (SSSR count). The van der Waals surface area contributed by atoms with Crippen LogP contribution in [0.15, 0.2) is 30.3 Å². The van der Waals surface area contributed by atoms with Gasteiger partial charge in [-0.1, -0.05) is 30.3 Å². The van der Waals surface area contributed by atoms with Crippen LogP contribution in [0.4, 0.5) is 0 Å². The van der Waals surface area contributed by atoms with E-state index in [1.807, 2.05) is 25.2 Å². The van der Waals surface area contributed by atoms with E-state index in [1.54, 1.807) is 0 Å². The molecule has 0 radical (unpaired) electrons. The lowest BCUT2D eigenvalue weighted by Crippen LogP contribution is -2.44. The van der Waals surface area contributed by atoms with Crippen LogP contribution in [-0.4, -0.2) is 54.9 Å². The number of carbonyl (C=O) groups excluding carboxylic acids is 1. The van der Waals surface area contributed by atoms with Crippen LogP contribution in [0.5, 0.6) is 0 Å². The van der Waals surface area contributed by atoms with Gasteiger partial charge in [0, 0.05) is 32.3 Å². The molecule has 2 aliphatic rings. The number of aliphatic hydroxyl groups excluding tert-OH is 1. The predicted octanol–water partition coefficient (Wildman–Crippen LogP) is 1.80. The third-order valence-corrected chi connectivity index (χ3v) is 5.66. The van der Waals surface area contributed by atoms with Crippen molar-refractivity contribution in [3.05, 3.63) is 35.9 Å². The minimum atomic E-state index is -0.594. The number of hydrogen-bond donors (Lipinski definition) is 2. The lowest BCUT2D eigenvalue weighted by Gasteiger charge is -2.29. The summed E-state index contributed by atoms with van der Waals surface area (Å²) in [6.45, 7) is 3.08. The Kier molecular flexibility index (Phi) is 6.45. The molecule has 1 heterocycles. The average Bonchev–Trinajstić information content (AvgIpc) is 3.03. The molecule has 0 spiro atoms. The number of carbonyl (C=O) groups is 1. The molecule has 0 bridgehead atoms. The van der Waals surface area contributed by atoms with Crippen LogP contribution in [0, 0.1) is 11.8 Å². The first-order valence-corrected chi connectivity index (χ1v) is 9.43. The SMILES string of the molecule is CN(Cc1ccccc1)[C@@H]1CC[C@@H](C(=O)NCC2CCOCC2)[C@@H]1O. The van der Waals surface area contributed by atoms with Gasteiger partial charge in [-0.15, -0.1) is 0 Å². The summed E-state index contributed by atoms with van der Waals surface area (Å²) in [5.74, 6) is 0.227. The number of benzene rings is 1. The summed E-state index contributed by atoms with van der Waals surface area (Å²) in [5, 5.41) is 13.7. The van der Waals surface area contributed by atoms with Crippen LogP contribution in [0.25, 0.3) is 0 Å². The van der Waals surface area contributed by atoms with Crippen molar-refractivity contribution in [1.29, 1.82) is 0 Å². The molecule has 0 unspecified atom stereocenters. The number of aliphatic hydroxyl groups is 1. The number of hydrogen-bond acceptors (Lipinski definition) is 4. The first kappa shape index (κ1) is 18.4. The smallest absolute Gasteiger partial charge is 0.225 e. The standard InChI is InChI=1S/C20H30N2O3/c1-22(14-16-5-3-2-4-6-16)18-8-7-17(19(18)23)20(24)21-13-15-9-11-25-12-10-15/h2-6,15,17-19,23H,7-14H2,1H3,(H,21,24)/t17-,18-,19+/m1/s1. The number of likely N-dealkylation sites (N-methyl/N-ethyl adjacent to an activating group) is 1. The Bertz CT molecular complexity index is 545. The van der Waals surface area contributed by atoms with Gasteiger partial charge in [0.05, 0.1) is 12.0 Å². The van der Waals surface area contributed by atoms with Crippen LogP contribution in [0.1, 0.15) is 31.2 Å². The third-order valence-electron chi connectivity index (χ3n) is 5.66. The Morgan fingerprint density at radius 1 is 1.20 bits per heavy atom. The average molecular weight is 346 g/mol. The van der Waals surface area contributed by atoms with Crippen LogP contribution in [-0.2, 0) is 16.1 Å². The molecule has 138 valence electrons. The van der Waals surface area contributed by atoms with E-state index in [4.69, 9.17) is 4.74 Å². The monoisotopic (exact) mass is 346 g/mol. The Hall–Kier alpha value is -1.43. The maximum atomic E-state index is 12.5. The van der Waals surface area contributed by atoms with Crippen molar-refractivity contribution in [2.75, 3.05) is 26.8 Å². The molecule has 2 N–H and O–H groups in total. The molecule has 5 heteroatoms. The summed E-state index contributed by atoms with van der Waals surface area (Å²) in [7, 11) is 2.03. The van der Waals surface area contributed by atoms with Crippen molar-refractivity contribution in [2.45, 2.75) is 44.4 Å². The van der Waals surface area contributed by atoms with Gasteiger partial charge in [0.2, 0.25) is 5.91 Å². The lowest BCUT2D eigenvalue weighted by atomic mass is 9.99. The number of amides is 1. The van der Waals surface area contributed by atoms with E-state index in [9.17, 15) is 9.90 Å². The van der Waals surface area contributed by atoms with Gasteiger partial charge in [-0.2, -0.15) is 0 Å². The van der Waals surface area contributed by atoms with Crippen molar-refractivity contribution in [2.24, 2.45) is 11.8 Å². The van der Waals surface area contributed by atoms with Crippen LogP contribution >= 0.6 is 0 Å². The first-order valence-electron chi connectivity index (χ1n) is 9.43. The normalized spacial score (nSPS) is 27.6. The summed E-state index contributed by atoms with van der Waals surface area (Å²) in [5.41, 5.74) is 1.23. The fourth-order valence-electron chi connectivity index (χ4n) is 4.04. The van der Waals surface area contributed by atoms with Gasteiger partial charge in [-0.3, -0.25) is 9.69 Å². The van der Waals surface area contributed by atoms with Crippen LogP contribution < -0.4 is 5.32 Å². The van der Waals surface area contributed by atoms with Gasteiger partial charge >= 0.3 is 0 Å². The Morgan fingerprint density at radius 3 is 2.64 bits per heavy atom. The fraction of sp³-hybridized carbons (Fsp3) is 0.650.